The molecule has 4 nitrogen and oxygen atoms in total. The second-order valence-corrected chi connectivity index (χ2v) is 4.34. The normalized spacial score (nSPS) is 12.2. The first-order chi connectivity index (χ1) is 9.24. The summed E-state index contributed by atoms with van der Waals surface area (Å²) in [7, 11) is 3.34. The van der Waals surface area contributed by atoms with Crippen LogP contribution in [-0.2, 0) is 6.54 Å². The zero-order valence-corrected chi connectivity index (χ0v) is 11.5. The van der Waals surface area contributed by atoms with Crippen molar-refractivity contribution < 1.29 is 13.9 Å². The van der Waals surface area contributed by atoms with Crippen molar-refractivity contribution in [1.82, 2.24) is 5.32 Å². The van der Waals surface area contributed by atoms with Gasteiger partial charge in [-0.05, 0) is 31.2 Å². The second-order valence-electron chi connectivity index (χ2n) is 4.34. The Kier molecular flexibility index (Phi) is 4.47. The minimum atomic E-state index is 0.153. The summed E-state index contributed by atoms with van der Waals surface area (Å²) in [6.45, 7) is 2.84. The Morgan fingerprint density at radius 2 is 2.05 bits per heavy atom. The SMILES string of the molecule is COc1ccc(OC)c(C(C)NCc2ccoc2)c1. The van der Waals surface area contributed by atoms with Gasteiger partial charge in [0.2, 0.25) is 0 Å². The van der Waals surface area contributed by atoms with Crippen molar-refractivity contribution in [3.8, 4) is 11.5 Å². The Bertz CT molecular complexity index is 508. The van der Waals surface area contributed by atoms with E-state index in [2.05, 4.69) is 12.2 Å². The van der Waals surface area contributed by atoms with Gasteiger partial charge in [-0.1, -0.05) is 0 Å². The highest BCUT2D eigenvalue weighted by Crippen LogP contribution is 2.29. The van der Waals surface area contributed by atoms with Gasteiger partial charge in [0, 0.05) is 23.7 Å². The Balaban J connectivity index is 2.10. The van der Waals surface area contributed by atoms with E-state index in [0.717, 1.165) is 29.2 Å². The molecule has 1 aromatic heterocycles. The third kappa shape index (κ3) is 3.29. The molecule has 0 aliphatic carbocycles. The van der Waals surface area contributed by atoms with Crippen molar-refractivity contribution in [2.45, 2.75) is 19.5 Å². The van der Waals surface area contributed by atoms with Gasteiger partial charge < -0.3 is 19.2 Å². The average Bonchev–Trinajstić information content (AvgIpc) is 2.97. The van der Waals surface area contributed by atoms with Crippen LogP contribution < -0.4 is 14.8 Å². The summed E-state index contributed by atoms with van der Waals surface area (Å²) in [6.07, 6.45) is 3.41. The maximum atomic E-state index is 5.39. The molecule has 0 saturated heterocycles. The van der Waals surface area contributed by atoms with Crippen LogP contribution in [0.3, 0.4) is 0 Å². The smallest absolute Gasteiger partial charge is 0.123 e. The van der Waals surface area contributed by atoms with Crippen molar-refractivity contribution in [3.05, 3.63) is 47.9 Å². The molecule has 1 aromatic carbocycles. The summed E-state index contributed by atoms with van der Waals surface area (Å²) >= 11 is 0. The van der Waals surface area contributed by atoms with Gasteiger partial charge in [0.25, 0.3) is 0 Å². The van der Waals surface area contributed by atoms with E-state index >= 15 is 0 Å². The van der Waals surface area contributed by atoms with Crippen LogP contribution in [0.4, 0.5) is 0 Å². The van der Waals surface area contributed by atoms with E-state index in [9.17, 15) is 0 Å². The summed E-state index contributed by atoms with van der Waals surface area (Å²) < 4.78 is 15.7. The predicted molar refractivity (Wildman–Crippen MR) is 73.5 cm³/mol. The van der Waals surface area contributed by atoms with Gasteiger partial charge in [0.1, 0.15) is 11.5 Å². The van der Waals surface area contributed by atoms with Crippen molar-refractivity contribution >= 4 is 0 Å². The van der Waals surface area contributed by atoms with Gasteiger partial charge in [-0.25, -0.2) is 0 Å². The molecule has 0 aliphatic heterocycles. The lowest BCUT2D eigenvalue weighted by molar-refractivity contribution is 0.391. The van der Waals surface area contributed by atoms with Crippen LogP contribution in [0.1, 0.15) is 24.1 Å². The van der Waals surface area contributed by atoms with E-state index in [-0.39, 0.29) is 6.04 Å². The van der Waals surface area contributed by atoms with Crippen LogP contribution in [0.5, 0.6) is 11.5 Å². The van der Waals surface area contributed by atoms with Crippen LogP contribution in [0.25, 0.3) is 0 Å². The first-order valence-electron chi connectivity index (χ1n) is 6.21. The van der Waals surface area contributed by atoms with E-state index in [1.165, 1.54) is 0 Å². The van der Waals surface area contributed by atoms with Gasteiger partial charge in [-0.3, -0.25) is 0 Å². The van der Waals surface area contributed by atoms with Crippen molar-refractivity contribution in [2.75, 3.05) is 14.2 Å². The van der Waals surface area contributed by atoms with Gasteiger partial charge in [0.15, 0.2) is 0 Å². The minimum Gasteiger partial charge on any atom is -0.497 e. The standard InChI is InChI=1S/C15H19NO3/c1-11(16-9-12-6-7-19-10-12)14-8-13(17-2)4-5-15(14)18-3/h4-8,10-11,16H,9H2,1-3H3. The molecule has 0 fully saturated rings. The summed E-state index contributed by atoms with van der Waals surface area (Å²) in [5.74, 6) is 1.68. The first kappa shape index (κ1) is 13.5. The van der Waals surface area contributed by atoms with Crippen molar-refractivity contribution in [2.24, 2.45) is 0 Å². The maximum Gasteiger partial charge on any atom is 0.123 e. The van der Waals surface area contributed by atoms with Crippen LogP contribution in [-0.4, -0.2) is 14.2 Å². The number of hydrogen-bond acceptors (Lipinski definition) is 4. The Morgan fingerprint density at radius 1 is 1.21 bits per heavy atom. The summed E-state index contributed by atoms with van der Waals surface area (Å²) in [6, 6.07) is 7.91. The molecule has 0 radical (unpaired) electrons. The molecule has 1 atom stereocenters. The monoisotopic (exact) mass is 261 g/mol. The van der Waals surface area contributed by atoms with Gasteiger partial charge in [0.05, 0.1) is 26.7 Å². The molecule has 0 spiro atoms. The first-order valence-corrected chi connectivity index (χ1v) is 6.21. The molecule has 2 rings (SSSR count). The van der Waals surface area contributed by atoms with E-state index < -0.39 is 0 Å². The molecule has 102 valence electrons. The third-order valence-corrected chi connectivity index (χ3v) is 3.10. The Labute approximate surface area is 113 Å². The van der Waals surface area contributed by atoms with E-state index in [1.807, 2.05) is 24.3 Å². The molecule has 0 amide bonds. The number of methoxy groups -OCH3 is 2. The van der Waals surface area contributed by atoms with Crippen molar-refractivity contribution in [1.29, 1.82) is 0 Å². The van der Waals surface area contributed by atoms with Crippen molar-refractivity contribution in [3.63, 3.8) is 0 Å². The molecule has 0 bridgehead atoms. The highest BCUT2D eigenvalue weighted by atomic mass is 16.5. The third-order valence-electron chi connectivity index (χ3n) is 3.10. The Hall–Kier alpha value is -1.94. The zero-order valence-electron chi connectivity index (χ0n) is 11.5. The molecule has 19 heavy (non-hydrogen) atoms. The molecule has 1 unspecified atom stereocenters. The molecule has 2 aromatic rings. The van der Waals surface area contributed by atoms with Crippen LogP contribution in [0, 0.1) is 0 Å². The molecule has 1 heterocycles. The van der Waals surface area contributed by atoms with Crippen LogP contribution in [0.2, 0.25) is 0 Å². The number of ether oxygens (including phenoxy) is 2. The summed E-state index contributed by atoms with van der Waals surface area (Å²) in [5.41, 5.74) is 2.19. The zero-order chi connectivity index (χ0) is 13.7. The summed E-state index contributed by atoms with van der Waals surface area (Å²) in [4.78, 5) is 0. The van der Waals surface area contributed by atoms with Gasteiger partial charge in [-0.2, -0.15) is 0 Å². The number of furan rings is 1. The van der Waals surface area contributed by atoms with E-state index in [1.54, 1.807) is 26.7 Å². The number of hydrogen-bond donors (Lipinski definition) is 1. The van der Waals surface area contributed by atoms with E-state index in [0.29, 0.717) is 0 Å². The maximum absolute atomic E-state index is 5.39. The van der Waals surface area contributed by atoms with Gasteiger partial charge in [-0.15, -0.1) is 0 Å². The number of rotatable bonds is 6. The molecule has 0 aliphatic rings. The lowest BCUT2D eigenvalue weighted by atomic mass is 10.1. The molecule has 0 saturated carbocycles. The molecule has 1 N–H and O–H groups in total. The number of nitrogens with one attached hydrogen (secondary N) is 1. The van der Waals surface area contributed by atoms with Crippen LogP contribution >= 0.6 is 0 Å². The predicted octanol–water partition coefficient (Wildman–Crippen LogP) is 3.15. The average molecular weight is 261 g/mol. The molecule has 4 heteroatoms. The highest BCUT2D eigenvalue weighted by Gasteiger charge is 2.12. The quantitative estimate of drug-likeness (QED) is 0.867. The fourth-order valence-corrected chi connectivity index (χ4v) is 1.95. The fourth-order valence-electron chi connectivity index (χ4n) is 1.95. The fraction of sp³-hybridized carbons (Fsp3) is 0.333. The highest BCUT2D eigenvalue weighted by molar-refractivity contribution is 5.42. The Morgan fingerprint density at radius 3 is 2.68 bits per heavy atom. The lowest BCUT2D eigenvalue weighted by Gasteiger charge is -2.17. The van der Waals surface area contributed by atoms with Crippen LogP contribution in [0.15, 0.2) is 41.2 Å². The van der Waals surface area contributed by atoms with Gasteiger partial charge >= 0.3 is 0 Å². The molecular weight excluding hydrogens is 242 g/mol. The number of benzene rings is 1. The van der Waals surface area contributed by atoms with E-state index in [4.69, 9.17) is 13.9 Å². The lowest BCUT2D eigenvalue weighted by Crippen LogP contribution is -2.18. The summed E-state index contributed by atoms with van der Waals surface area (Å²) in [5, 5.41) is 3.43. The second kappa shape index (κ2) is 6.29. The molecular formula is C15H19NO3. The topological polar surface area (TPSA) is 43.6 Å². The largest absolute Gasteiger partial charge is 0.497 e. The minimum absolute atomic E-state index is 0.153.